The summed E-state index contributed by atoms with van der Waals surface area (Å²) in [6.45, 7) is 6.89. The zero-order chi connectivity index (χ0) is 22.1. The van der Waals surface area contributed by atoms with E-state index in [2.05, 4.69) is 24.4 Å². The molecule has 0 heterocycles. The maximum Gasteiger partial charge on any atom is 0.232 e. The van der Waals surface area contributed by atoms with Gasteiger partial charge in [-0.2, -0.15) is 11.8 Å². The number of anilines is 1. The minimum Gasteiger partial charge on any atom is -0.355 e. The molecular weight excluding hydrogens is 416 g/mol. The maximum absolute atomic E-state index is 12.3. The van der Waals surface area contributed by atoms with E-state index in [1.165, 1.54) is 21.7 Å². The van der Waals surface area contributed by atoms with Gasteiger partial charge in [0, 0.05) is 31.0 Å². The quantitative estimate of drug-likeness (QED) is 0.523. The predicted octanol–water partition coefficient (Wildman–Crippen LogP) is 4.21. The molecule has 0 fully saturated rings. The van der Waals surface area contributed by atoms with Crippen molar-refractivity contribution in [3.05, 3.63) is 64.7 Å². The summed E-state index contributed by atoms with van der Waals surface area (Å²) < 4.78 is 26.0. The second-order valence-electron chi connectivity index (χ2n) is 7.49. The normalized spacial score (nSPS) is 11.3. The van der Waals surface area contributed by atoms with Crippen LogP contribution >= 0.6 is 11.8 Å². The monoisotopic (exact) mass is 448 g/mol. The van der Waals surface area contributed by atoms with Gasteiger partial charge in [0.25, 0.3) is 0 Å². The molecule has 30 heavy (non-hydrogen) atoms. The zero-order valence-electron chi connectivity index (χ0n) is 18.3. The third kappa shape index (κ3) is 7.36. The summed E-state index contributed by atoms with van der Waals surface area (Å²) >= 11 is 1.79. The molecule has 0 aromatic heterocycles. The number of benzene rings is 2. The highest BCUT2D eigenvalue weighted by molar-refractivity contribution is 7.98. The predicted molar refractivity (Wildman–Crippen MR) is 128 cm³/mol. The van der Waals surface area contributed by atoms with E-state index in [4.69, 9.17) is 0 Å². The lowest BCUT2D eigenvalue weighted by Crippen LogP contribution is -2.33. The molecule has 0 saturated heterocycles. The molecule has 0 bridgehead atoms. The van der Waals surface area contributed by atoms with Gasteiger partial charge < -0.3 is 5.32 Å². The van der Waals surface area contributed by atoms with Crippen molar-refractivity contribution in [3.63, 3.8) is 0 Å². The molecule has 164 valence electrons. The van der Waals surface area contributed by atoms with Gasteiger partial charge in [-0.1, -0.05) is 36.4 Å². The van der Waals surface area contributed by atoms with Crippen molar-refractivity contribution in [1.29, 1.82) is 0 Å². The highest BCUT2D eigenvalue weighted by Crippen LogP contribution is 2.25. The molecule has 7 heteroatoms. The third-order valence-electron chi connectivity index (χ3n) is 5.10. The first-order valence-corrected chi connectivity index (χ1v) is 13.1. The molecule has 2 aromatic rings. The number of thioether (sulfide) groups is 1. The number of hydrogen-bond acceptors (Lipinski definition) is 4. The smallest absolute Gasteiger partial charge is 0.232 e. The summed E-state index contributed by atoms with van der Waals surface area (Å²) in [5.41, 5.74) is 5.28. The molecule has 0 radical (unpaired) electrons. The first-order chi connectivity index (χ1) is 14.2. The molecule has 2 aromatic carbocycles. The summed E-state index contributed by atoms with van der Waals surface area (Å²) in [6, 6.07) is 14.0. The van der Waals surface area contributed by atoms with Gasteiger partial charge in [-0.3, -0.25) is 9.10 Å². The minimum absolute atomic E-state index is 0.0408. The van der Waals surface area contributed by atoms with Crippen molar-refractivity contribution in [3.8, 4) is 0 Å². The Labute approximate surface area is 185 Å². The summed E-state index contributed by atoms with van der Waals surface area (Å²) in [5, 5.41) is 2.93. The van der Waals surface area contributed by atoms with Crippen LogP contribution in [0.15, 0.2) is 42.5 Å². The number of rotatable bonds is 11. The summed E-state index contributed by atoms with van der Waals surface area (Å²) in [5.74, 6) is 1.74. The van der Waals surface area contributed by atoms with Crippen LogP contribution in [0, 0.1) is 20.8 Å². The Kier molecular flexibility index (Phi) is 9.24. The van der Waals surface area contributed by atoms with Crippen LogP contribution in [0.1, 0.15) is 35.1 Å². The Morgan fingerprint density at radius 3 is 2.43 bits per heavy atom. The Hall–Kier alpha value is -1.99. The standard InChI is InChI=1S/C23H32N2O3S2/c1-18-10-7-12-22(20(18)3)25(30(4,27)28)15-8-13-23(26)24-14-16-29-17-21-11-6-5-9-19(21)2/h5-7,9-12H,8,13-17H2,1-4H3,(H,24,26). The number of carbonyl (C=O) groups is 1. The van der Waals surface area contributed by atoms with E-state index in [9.17, 15) is 13.2 Å². The Morgan fingerprint density at radius 1 is 1.03 bits per heavy atom. The van der Waals surface area contributed by atoms with Gasteiger partial charge >= 0.3 is 0 Å². The van der Waals surface area contributed by atoms with Crippen molar-refractivity contribution < 1.29 is 13.2 Å². The molecule has 5 nitrogen and oxygen atoms in total. The van der Waals surface area contributed by atoms with Crippen molar-refractivity contribution >= 4 is 33.4 Å². The molecule has 1 N–H and O–H groups in total. The van der Waals surface area contributed by atoms with Gasteiger partial charge in [0.1, 0.15) is 0 Å². The topological polar surface area (TPSA) is 66.5 Å². The highest BCUT2D eigenvalue weighted by Gasteiger charge is 2.19. The number of carbonyl (C=O) groups excluding carboxylic acids is 1. The molecule has 0 spiro atoms. The minimum atomic E-state index is -3.41. The van der Waals surface area contributed by atoms with Crippen LogP contribution in [0.4, 0.5) is 5.69 Å². The van der Waals surface area contributed by atoms with Gasteiger partial charge in [-0.25, -0.2) is 8.42 Å². The van der Waals surface area contributed by atoms with Crippen LogP contribution in [-0.2, 0) is 20.6 Å². The van der Waals surface area contributed by atoms with E-state index in [0.29, 0.717) is 31.6 Å². The fraction of sp³-hybridized carbons (Fsp3) is 0.435. The first-order valence-electron chi connectivity index (χ1n) is 10.1. The van der Waals surface area contributed by atoms with E-state index in [-0.39, 0.29) is 5.91 Å². The average molecular weight is 449 g/mol. The van der Waals surface area contributed by atoms with Crippen LogP contribution in [-0.4, -0.2) is 39.4 Å². The van der Waals surface area contributed by atoms with Crippen LogP contribution in [0.2, 0.25) is 0 Å². The largest absolute Gasteiger partial charge is 0.355 e. The Bertz CT molecular complexity index is 959. The molecule has 0 unspecified atom stereocenters. The maximum atomic E-state index is 12.3. The van der Waals surface area contributed by atoms with Crippen LogP contribution in [0.25, 0.3) is 0 Å². The second-order valence-corrected chi connectivity index (χ2v) is 10.5. The van der Waals surface area contributed by atoms with Gasteiger partial charge in [0.15, 0.2) is 0 Å². The van der Waals surface area contributed by atoms with E-state index >= 15 is 0 Å². The fourth-order valence-corrected chi connectivity index (χ4v) is 5.11. The van der Waals surface area contributed by atoms with Crippen LogP contribution in [0.5, 0.6) is 0 Å². The molecule has 0 atom stereocenters. The SMILES string of the molecule is Cc1ccccc1CSCCNC(=O)CCCN(c1cccc(C)c1C)S(C)(=O)=O. The fourth-order valence-electron chi connectivity index (χ4n) is 3.16. The van der Waals surface area contributed by atoms with Gasteiger partial charge in [0.05, 0.1) is 11.9 Å². The second kappa shape index (κ2) is 11.4. The van der Waals surface area contributed by atoms with Gasteiger partial charge in [0.2, 0.25) is 15.9 Å². The Morgan fingerprint density at radius 2 is 1.73 bits per heavy atom. The van der Waals surface area contributed by atoms with E-state index in [0.717, 1.165) is 22.6 Å². The van der Waals surface area contributed by atoms with Crippen LogP contribution in [0.3, 0.4) is 0 Å². The number of nitrogens with zero attached hydrogens (tertiary/aromatic N) is 1. The summed E-state index contributed by atoms with van der Waals surface area (Å²) in [6.07, 6.45) is 1.99. The lowest BCUT2D eigenvalue weighted by molar-refractivity contribution is -0.121. The van der Waals surface area contributed by atoms with Gasteiger partial charge in [-0.15, -0.1) is 0 Å². The van der Waals surface area contributed by atoms with E-state index in [1.807, 2.05) is 44.2 Å². The number of hydrogen-bond donors (Lipinski definition) is 1. The molecule has 0 aliphatic rings. The molecular formula is C23H32N2O3S2. The lowest BCUT2D eigenvalue weighted by atomic mass is 10.1. The summed E-state index contributed by atoms with van der Waals surface area (Å²) in [7, 11) is -3.41. The van der Waals surface area contributed by atoms with E-state index < -0.39 is 10.0 Å². The zero-order valence-corrected chi connectivity index (χ0v) is 19.9. The number of amides is 1. The highest BCUT2D eigenvalue weighted by atomic mass is 32.2. The van der Waals surface area contributed by atoms with Crippen molar-refractivity contribution in [2.45, 2.75) is 39.4 Å². The van der Waals surface area contributed by atoms with Crippen molar-refractivity contribution in [1.82, 2.24) is 5.32 Å². The average Bonchev–Trinajstić information content (AvgIpc) is 2.68. The molecule has 0 aliphatic heterocycles. The molecule has 2 rings (SSSR count). The number of aryl methyl sites for hydroxylation is 2. The van der Waals surface area contributed by atoms with Gasteiger partial charge in [-0.05, 0) is 55.5 Å². The van der Waals surface area contributed by atoms with Crippen molar-refractivity contribution in [2.75, 3.05) is 29.4 Å². The van der Waals surface area contributed by atoms with Crippen LogP contribution < -0.4 is 9.62 Å². The number of nitrogens with one attached hydrogen (secondary N) is 1. The summed E-state index contributed by atoms with van der Waals surface area (Å²) in [4.78, 5) is 12.1. The lowest BCUT2D eigenvalue weighted by Gasteiger charge is -2.24. The first kappa shape index (κ1) is 24.3. The van der Waals surface area contributed by atoms with Crippen molar-refractivity contribution in [2.24, 2.45) is 0 Å². The third-order valence-corrected chi connectivity index (χ3v) is 7.29. The molecule has 1 amide bonds. The Balaban J connectivity index is 1.75. The molecule has 0 aliphatic carbocycles. The van der Waals surface area contributed by atoms with E-state index in [1.54, 1.807) is 11.8 Å². The molecule has 0 saturated carbocycles. The number of sulfonamides is 1.